The van der Waals surface area contributed by atoms with E-state index in [4.69, 9.17) is 9.15 Å². The summed E-state index contributed by atoms with van der Waals surface area (Å²) in [5, 5.41) is 12.6. The molecule has 0 fully saturated rings. The Labute approximate surface area is 176 Å². The number of carbonyl (C=O) groups is 3. The van der Waals surface area contributed by atoms with E-state index in [1.54, 1.807) is 31.9 Å². The van der Waals surface area contributed by atoms with Gasteiger partial charge >= 0.3 is 12.1 Å². The van der Waals surface area contributed by atoms with Crippen molar-refractivity contribution in [2.45, 2.75) is 59.2 Å². The first-order valence-electron chi connectivity index (χ1n) is 9.91. The number of nitrogens with zero attached hydrogens (tertiary/aromatic N) is 1. The number of nitrogens with one attached hydrogen (secondary N) is 1. The Hall–Kier alpha value is -3.03. The average molecular weight is 418 g/mol. The number of alkyl carbamates (subject to hydrolysis) is 1. The minimum atomic E-state index is -1.23. The van der Waals surface area contributed by atoms with Crippen molar-refractivity contribution < 1.29 is 28.6 Å². The number of hydrogen-bond donors (Lipinski definition) is 2. The molecule has 0 aliphatic carbocycles. The lowest BCUT2D eigenvalue weighted by Crippen LogP contribution is -2.51. The van der Waals surface area contributed by atoms with Gasteiger partial charge < -0.3 is 24.5 Å². The Kier molecular flexibility index (Phi) is 7.48. The number of hydrogen-bond acceptors (Lipinski definition) is 5. The zero-order chi connectivity index (χ0) is 22.5. The zero-order valence-corrected chi connectivity index (χ0v) is 18.1. The van der Waals surface area contributed by atoms with Gasteiger partial charge in [0.2, 0.25) is 5.91 Å². The summed E-state index contributed by atoms with van der Waals surface area (Å²) in [7, 11) is 0. The van der Waals surface area contributed by atoms with Crippen molar-refractivity contribution in [3.63, 3.8) is 0 Å². The number of carbonyl (C=O) groups excluding carboxylic acids is 2. The molecule has 1 heterocycles. The molecule has 0 saturated heterocycles. The molecule has 1 atom stereocenters. The van der Waals surface area contributed by atoms with Gasteiger partial charge in [-0.3, -0.25) is 9.59 Å². The summed E-state index contributed by atoms with van der Waals surface area (Å²) in [6.45, 7) is 9.70. The van der Waals surface area contributed by atoms with Gasteiger partial charge in [-0.25, -0.2) is 4.79 Å². The van der Waals surface area contributed by atoms with Gasteiger partial charge in [0.25, 0.3) is 0 Å². The van der Waals surface area contributed by atoms with Gasteiger partial charge in [0, 0.05) is 18.5 Å². The van der Waals surface area contributed by atoms with Crippen LogP contribution in [0.5, 0.6) is 0 Å². The first-order chi connectivity index (χ1) is 13.9. The molecular formula is C22H30N2O6. The van der Waals surface area contributed by atoms with Crippen LogP contribution in [0.4, 0.5) is 4.79 Å². The van der Waals surface area contributed by atoms with E-state index in [1.165, 1.54) is 0 Å². The molecule has 0 bridgehead atoms. The maximum absolute atomic E-state index is 13.2. The number of carboxylic acid groups (broad SMARTS) is 1. The summed E-state index contributed by atoms with van der Waals surface area (Å²) in [4.78, 5) is 38.3. The first kappa shape index (κ1) is 23.3. The highest BCUT2D eigenvalue weighted by molar-refractivity contribution is 5.89. The molecular weight excluding hydrogens is 388 g/mol. The van der Waals surface area contributed by atoms with Gasteiger partial charge in [-0.05, 0) is 50.5 Å². The Morgan fingerprint density at radius 2 is 1.90 bits per heavy atom. The molecule has 0 unspecified atom stereocenters. The molecule has 2 rings (SSSR count). The van der Waals surface area contributed by atoms with Gasteiger partial charge in [-0.15, -0.1) is 0 Å². The van der Waals surface area contributed by atoms with E-state index in [9.17, 15) is 19.5 Å². The predicted molar refractivity (Wildman–Crippen MR) is 112 cm³/mol. The number of rotatable bonds is 8. The van der Waals surface area contributed by atoms with E-state index in [0.29, 0.717) is 6.54 Å². The van der Waals surface area contributed by atoms with Crippen molar-refractivity contribution in [3.05, 3.63) is 36.1 Å². The fourth-order valence-electron chi connectivity index (χ4n) is 3.05. The highest BCUT2D eigenvalue weighted by Crippen LogP contribution is 2.19. The second-order valence-corrected chi connectivity index (χ2v) is 8.70. The van der Waals surface area contributed by atoms with Crippen LogP contribution in [0.25, 0.3) is 11.0 Å². The minimum absolute atomic E-state index is 0.151. The van der Waals surface area contributed by atoms with Crippen LogP contribution in [0, 0.1) is 5.92 Å². The minimum Gasteiger partial charge on any atom is -0.481 e. The van der Waals surface area contributed by atoms with Crippen LogP contribution in [0.3, 0.4) is 0 Å². The molecule has 2 N–H and O–H groups in total. The lowest BCUT2D eigenvalue weighted by Gasteiger charge is -2.29. The molecule has 8 nitrogen and oxygen atoms in total. The summed E-state index contributed by atoms with van der Waals surface area (Å²) in [5.74, 6) is -1.50. The van der Waals surface area contributed by atoms with Crippen molar-refractivity contribution in [1.29, 1.82) is 0 Å². The molecule has 164 valence electrons. The number of furan rings is 1. The number of amides is 2. The monoisotopic (exact) mass is 418 g/mol. The molecule has 1 aromatic heterocycles. The van der Waals surface area contributed by atoms with E-state index in [-0.39, 0.29) is 12.5 Å². The number of carboxylic acids is 1. The van der Waals surface area contributed by atoms with Crippen molar-refractivity contribution >= 4 is 28.9 Å². The van der Waals surface area contributed by atoms with Crippen LogP contribution in [-0.4, -0.2) is 46.2 Å². The van der Waals surface area contributed by atoms with Gasteiger partial charge in [-0.1, -0.05) is 19.9 Å². The smallest absolute Gasteiger partial charge is 0.408 e. The molecule has 8 heteroatoms. The quantitative estimate of drug-likeness (QED) is 0.675. The molecule has 0 radical (unpaired) electrons. The zero-order valence-electron chi connectivity index (χ0n) is 18.1. The van der Waals surface area contributed by atoms with Crippen LogP contribution in [0.2, 0.25) is 0 Å². The second-order valence-electron chi connectivity index (χ2n) is 8.70. The van der Waals surface area contributed by atoms with Crippen molar-refractivity contribution in [1.82, 2.24) is 10.2 Å². The fraction of sp³-hybridized carbons (Fsp3) is 0.500. The van der Waals surface area contributed by atoms with Crippen LogP contribution in [0.15, 0.2) is 34.9 Å². The summed E-state index contributed by atoms with van der Waals surface area (Å²) in [5.41, 5.74) is 0.860. The highest BCUT2D eigenvalue weighted by atomic mass is 16.6. The van der Waals surface area contributed by atoms with E-state index in [1.807, 2.05) is 38.1 Å². The van der Waals surface area contributed by atoms with Gasteiger partial charge in [0.05, 0.1) is 12.7 Å². The molecule has 0 aliphatic heterocycles. The molecule has 2 aromatic rings. The normalized spacial score (nSPS) is 12.6. The third-order valence-electron chi connectivity index (χ3n) is 4.16. The van der Waals surface area contributed by atoms with Crippen LogP contribution < -0.4 is 5.32 Å². The standard InChI is InChI=1S/C22H30N2O6/c1-14(2)12-24(13-15-6-7-18-16(10-15)8-9-29-18)20(27)17(11-19(25)26)23-21(28)30-22(3,4)5/h6-10,14,17H,11-13H2,1-5H3,(H,23,28)(H,25,26)/t17-/m0/s1. The highest BCUT2D eigenvalue weighted by Gasteiger charge is 2.30. The van der Waals surface area contributed by atoms with Gasteiger partial charge in [0.15, 0.2) is 0 Å². The summed E-state index contributed by atoms with van der Waals surface area (Å²) < 4.78 is 10.5. The first-order valence-corrected chi connectivity index (χ1v) is 9.91. The Balaban J connectivity index is 2.22. The number of benzene rings is 1. The molecule has 30 heavy (non-hydrogen) atoms. The summed E-state index contributed by atoms with van der Waals surface area (Å²) in [6, 6.07) is 6.22. The fourth-order valence-corrected chi connectivity index (χ4v) is 3.05. The second kappa shape index (κ2) is 9.65. The third kappa shape index (κ3) is 7.09. The number of ether oxygens (including phenoxy) is 1. The maximum atomic E-state index is 13.2. The maximum Gasteiger partial charge on any atom is 0.408 e. The molecule has 2 amide bonds. The van der Waals surface area contributed by atoms with E-state index in [0.717, 1.165) is 16.5 Å². The van der Waals surface area contributed by atoms with Crippen LogP contribution >= 0.6 is 0 Å². The number of aliphatic carboxylic acids is 1. The SMILES string of the molecule is CC(C)CN(Cc1ccc2occc2c1)C(=O)[C@H](CC(=O)O)NC(=O)OC(C)(C)C. The van der Waals surface area contributed by atoms with Crippen molar-refractivity contribution in [2.24, 2.45) is 5.92 Å². The van der Waals surface area contributed by atoms with Crippen molar-refractivity contribution in [2.75, 3.05) is 6.54 Å². The largest absolute Gasteiger partial charge is 0.481 e. The summed E-state index contributed by atoms with van der Waals surface area (Å²) in [6.07, 6.45) is 0.235. The topological polar surface area (TPSA) is 109 Å². The Bertz CT molecular complexity index is 896. The van der Waals surface area contributed by atoms with Crippen LogP contribution in [-0.2, 0) is 20.9 Å². The molecule has 0 spiro atoms. The third-order valence-corrected chi connectivity index (χ3v) is 4.16. The van der Waals surface area contributed by atoms with Crippen molar-refractivity contribution in [3.8, 4) is 0 Å². The van der Waals surface area contributed by atoms with Gasteiger partial charge in [-0.2, -0.15) is 0 Å². The van der Waals surface area contributed by atoms with E-state index < -0.39 is 36.0 Å². The molecule has 1 aromatic carbocycles. The number of fused-ring (bicyclic) bond motifs is 1. The Morgan fingerprint density at radius 1 is 1.20 bits per heavy atom. The Morgan fingerprint density at radius 3 is 2.50 bits per heavy atom. The lowest BCUT2D eigenvalue weighted by atomic mass is 10.1. The molecule has 0 aliphatic rings. The summed E-state index contributed by atoms with van der Waals surface area (Å²) >= 11 is 0. The van der Waals surface area contributed by atoms with Crippen LogP contribution in [0.1, 0.15) is 46.6 Å². The van der Waals surface area contributed by atoms with E-state index in [2.05, 4.69) is 5.32 Å². The lowest BCUT2D eigenvalue weighted by molar-refractivity contribution is -0.143. The average Bonchev–Trinajstić information content (AvgIpc) is 3.05. The van der Waals surface area contributed by atoms with Gasteiger partial charge in [0.1, 0.15) is 17.2 Å². The molecule has 0 saturated carbocycles. The van der Waals surface area contributed by atoms with E-state index >= 15 is 0 Å². The predicted octanol–water partition coefficient (Wildman–Crippen LogP) is 3.79.